The van der Waals surface area contributed by atoms with Gasteiger partial charge in [0.2, 0.25) is 0 Å². The zero-order valence-electron chi connectivity index (χ0n) is 31.2. The lowest BCUT2D eigenvalue weighted by Crippen LogP contribution is -2.10. The van der Waals surface area contributed by atoms with Crippen LogP contribution in [-0.2, 0) is 0 Å². The van der Waals surface area contributed by atoms with Crippen LogP contribution < -0.4 is 4.90 Å². The Kier molecular flexibility index (Phi) is 7.40. The monoisotopic (exact) mass is 759 g/mol. The van der Waals surface area contributed by atoms with Crippen molar-refractivity contribution in [2.24, 2.45) is 0 Å². The van der Waals surface area contributed by atoms with Gasteiger partial charge in [-0.15, -0.1) is 11.3 Å². The third kappa shape index (κ3) is 5.27. The summed E-state index contributed by atoms with van der Waals surface area (Å²) < 4.78 is 15.3. The molecule has 12 aromatic rings. The predicted molar refractivity (Wildman–Crippen MR) is 245 cm³/mol. The summed E-state index contributed by atoms with van der Waals surface area (Å²) >= 11 is 1.85. The number of furan rings is 2. The van der Waals surface area contributed by atoms with E-state index in [4.69, 9.17) is 8.83 Å². The fourth-order valence-corrected chi connectivity index (χ4v) is 9.88. The molecular weight excluding hydrogens is 727 g/mol. The van der Waals surface area contributed by atoms with Crippen LogP contribution >= 0.6 is 11.3 Å². The number of benzene rings is 9. The Hall–Kier alpha value is -7.40. The van der Waals surface area contributed by atoms with E-state index in [-0.39, 0.29) is 0 Å². The van der Waals surface area contributed by atoms with Gasteiger partial charge < -0.3 is 13.7 Å². The lowest BCUT2D eigenvalue weighted by Gasteiger charge is -2.26. The van der Waals surface area contributed by atoms with Gasteiger partial charge in [0.15, 0.2) is 0 Å². The van der Waals surface area contributed by atoms with Gasteiger partial charge in [0.25, 0.3) is 0 Å². The molecule has 9 aromatic carbocycles. The standard InChI is InChI=1S/C54H33NO2S/c1-2-10-36(11-3-1)41-14-8-15-45-47-32-37(25-31-50(47)57-53(41)45)34-20-26-39(27-21-34)55(48-17-9-16-46-44-13-5-7-19-52(44)58-54(46)48)40-28-22-35(23-29-40)38-24-30-43-42-12-4-6-18-49(42)56-51(43)33-38/h1-33H. The van der Waals surface area contributed by atoms with Crippen LogP contribution in [0.25, 0.3) is 97.4 Å². The summed E-state index contributed by atoms with van der Waals surface area (Å²) in [7, 11) is 0. The molecule has 0 aliphatic heterocycles. The fraction of sp³-hybridized carbons (Fsp3) is 0. The Morgan fingerprint density at radius 3 is 1.76 bits per heavy atom. The highest BCUT2D eigenvalue weighted by Crippen LogP contribution is 2.46. The van der Waals surface area contributed by atoms with Gasteiger partial charge in [0.05, 0.1) is 10.4 Å². The summed E-state index contributed by atoms with van der Waals surface area (Å²) in [6, 6.07) is 71.4. The van der Waals surface area contributed by atoms with Gasteiger partial charge in [-0.05, 0) is 94.5 Å². The average molecular weight is 760 g/mol. The molecule has 58 heavy (non-hydrogen) atoms. The van der Waals surface area contributed by atoms with Crippen molar-refractivity contribution in [2.45, 2.75) is 0 Å². The lowest BCUT2D eigenvalue weighted by atomic mass is 10.00. The highest BCUT2D eigenvalue weighted by molar-refractivity contribution is 7.26. The van der Waals surface area contributed by atoms with E-state index in [9.17, 15) is 0 Å². The molecule has 12 rings (SSSR count). The Balaban J connectivity index is 0.949. The third-order valence-electron chi connectivity index (χ3n) is 11.5. The molecule has 0 N–H and O–H groups in total. The van der Waals surface area contributed by atoms with Crippen molar-refractivity contribution in [2.75, 3.05) is 4.90 Å². The number of nitrogens with zero attached hydrogens (tertiary/aromatic N) is 1. The van der Waals surface area contributed by atoms with Gasteiger partial charge in [-0.25, -0.2) is 0 Å². The van der Waals surface area contributed by atoms with Crippen LogP contribution in [0.5, 0.6) is 0 Å². The molecule has 0 unspecified atom stereocenters. The lowest BCUT2D eigenvalue weighted by molar-refractivity contribution is 0.669. The molecule has 0 spiro atoms. The molecule has 272 valence electrons. The van der Waals surface area contributed by atoms with Gasteiger partial charge >= 0.3 is 0 Å². The third-order valence-corrected chi connectivity index (χ3v) is 12.7. The fourth-order valence-electron chi connectivity index (χ4n) is 8.67. The van der Waals surface area contributed by atoms with Crippen molar-refractivity contribution in [3.63, 3.8) is 0 Å². The molecule has 0 saturated carbocycles. The van der Waals surface area contributed by atoms with Crippen molar-refractivity contribution in [3.05, 3.63) is 200 Å². The molecule has 3 heterocycles. The molecule has 0 aliphatic carbocycles. The molecule has 0 bridgehead atoms. The number of fused-ring (bicyclic) bond motifs is 9. The molecule has 0 fully saturated rings. The van der Waals surface area contributed by atoms with Crippen molar-refractivity contribution in [3.8, 4) is 33.4 Å². The number of para-hydroxylation sites is 2. The van der Waals surface area contributed by atoms with Crippen LogP contribution in [0.1, 0.15) is 0 Å². The van der Waals surface area contributed by atoms with Crippen LogP contribution in [0.4, 0.5) is 17.1 Å². The zero-order valence-corrected chi connectivity index (χ0v) is 32.0. The second-order valence-corrected chi connectivity index (χ2v) is 15.9. The van der Waals surface area contributed by atoms with Gasteiger partial charge in [-0.2, -0.15) is 0 Å². The maximum atomic E-state index is 6.49. The van der Waals surface area contributed by atoms with Gasteiger partial charge in [-0.1, -0.05) is 133 Å². The van der Waals surface area contributed by atoms with Crippen LogP contribution in [0.3, 0.4) is 0 Å². The summed E-state index contributed by atoms with van der Waals surface area (Å²) in [5.74, 6) is 0. The van der Waals surface area contributed by atoms with Crippen LogP contribution in [0.2, 0.25) is 0 Å². The Morgan fingerprint density at radius 1 is 0.345 bits per heavy atom. The summed E-state index contributed by atoms with van der Waals surface area (Å²) in [6.45, 7) is 0. The highest BCUT2D eigenvalue weighted by Gasteiger charge is 2.19. The minimum atomic E-state index is 0.891. The first-order chi connectivity index (χ1) is 28.7. The van der Waals surface area contributed by atoms with E-state index in [1.54, 1.807) is 0 Å². The molecular formula is C54H33NO2S. The van der Waals surface area contributed by atoms with Crippen LogP contribution in [-0.4, -0.2) is 0 Å². The van der Waals surface area contributed by atoms with E-state index in [0.717, 1.165) is 94.3 Å². The first kappa shape index (κ1) is 32.8. The minimum Gasteiger partial charge on any atom is -0.456 e. The maximum absolute atomic E-state index is 6.49. The van der Waals surface area contributed by atoms with Gasteiger partial charge in [0.1, 0.15) is 22.3 Å². The van der Waals surface area contributed by atoms with E-state index >= 15 is 0 Å². The molecule has 0 radical (unpaired) electrons. The smallest absolute Gasteiger partial charge is 0.143 e. The first-order valence-electron chi connectivity index (χ1n) is 19.6. The van der Waals surface area contributed by atoms with E-state index in [1.165, 1.54) is 20.2 Å². The first-order valence-corrected chi connectivity index (χ1v) is 20.4. The van der Waals surface area contributed by atoms with Crippen molar-refractivity contribution in [1.82, 2.24) is 0 Å². The van der Waals surface area contributed by atoms with Gasteiger partial charge in [0, 0.05) is 54.0 Å². The Morgan fingerprint density at radius 2 is 0.948 bits per heavy atom. The van der Waals surface area contributed by atoms with E-state index in [1.807, 2.05) is 29.5 Å². The topological polar surface area (TPSA) is 29.5 Å². The number of hydrogen-bond acceptors (Lipinski definition) is 4. The number of thiophene rings is 1. The summed E-state index contributed by atoms with van der Waals surface area (Å²) in [6.07, 6.45) is 0. The van der Waals surface area contributed by atoms with Crippen LogP contribution in [0.15, 0.2) is 209 Å². The van der Waals surface area contributed by atoms with E-state index in [2.05, 4.69) is 187 Å². The summed E-state index contributed by atoms with van der Waals surface area (Å²) in [5, 5.41) is 7.08. The Bertz CT molecular complexity index is 3500. The summed E-state index contributed by atoms with van der Waals surface area (Å²) in [4.78, 5) is 2.39. The molecule has 0 saturated heterocycles. The minimum absolute atomic E-state index is 0.891. The second-order valence-electron chi connectivity index (χ2n) is 14.9. The maximum Gasteiger partial charge on any atom is 0.143 e. The highest BCUT2D eigenvalue weighted by atomic mass is 32.1. The zero-order chi connectivity index (χ0) is 38.2. The largest absolute Gasteiger partial charge is 0.456 e. The molecule has 0 amide bonds. The molecule has 3 aromatic heterocycles. The average Bonchev–Trinajstić information content (AvgIpc) is 3.98. The quantitative estimate of drug-likeness (QED) is 0.169. The molecule has 0 atom stereocenters. The normalized spacial score (nSPS) is 11.8. The van der Waals surface area contributed by atoms with Crippen molar-refractivity contribution >= 4 is 92.4 Å². The number of hydrogen-bond donors (Lipinski definition) is 0. The molecule has 4 heteroatoms. The second kappa shape index (κ2) is 13.1. The van der Waals surface area contributed by atoms with Gasteiger partial charge in [-0.3, -0.25) is 0 Å². The number of rotatable bonds is 6. The molecule has 3 nitrogen and oxygen atoms in total. The molecule has 0 aliphatic rings. The Labute approximate surface area is 338 Å². The van der Waals surface area contributed by atoms with E-state index < -0.39 is 0 Å². The predicted octanol–water partition coefficient (Wildman–Crippen LogP) is 16.3. The van der Waals surface area contributed by atoms with Crippen molar-refractivity contribution in [1.29, 1.82) is 0 Å². The number of anilines is 3. The van der Waals surface area contributed by atoms with Crippen molar-refractivity contribution < 1.29 is 8.83 Å². The SMILES string of the molecule is c1ccc(-c2cccc3c2oc2ccc(-c4ccc(N(c5ccc(-c6ccc7c(c6)oc6ccccc67)cc5)c5cccc6c5sc5ccccc56)cc4)cc23)cc1. The van der Waals surface area contributed by atoms with E-state index in [0.29, 0.717) is 0 Å². The summed E-state index contributed by atoms with van der Waals surface area (Å²) in [5.41, 5.74) is 13.8. The van der Waals surface area contributed by atoms with Crippen LogP contribution in [0, 0.1) is 0 Å².